The van der Waals surface area contributed by atoms with Gasteiger partial charge in [-0.05, 0) is 44.7 Å². The SMILES string of the molecule is C=CC.CC.NC=O.c1cc2c(Nc3cc(C4CC4)[nH]n3)nc(N3CCCC3)nn2c1. The molecule has 9 heteroatoms. The molecule has 0 aromatic carbocycles. The minimum atomic E-state index is 0.250. The lowest BCUT2D eigenvalue weighted by Gasteiger charge is -2.16. The molecule has 0 unspecified atom stereocenters. The number of nitrogens with one attached hydrogen (secondary N) is 2. The molecule has 1 aliphatic carbocycles. The van der Waals surface area contributed by atoms with Crippen LogP contribution in [0.4, 0.5) is 17.6 Å². The van der Waals surface area contributed by atoms with Crippen LogP contribution in [0, 0.1) is 0 Å². The lowest BCUT2D eigenvalue weighted by Crippen LogP contribution is -2.22. The summed E-state index contributed by atoms with van der Waals surface area (Å²) in [6.07, 6.45) is 8.90. The van der Waals surface area contributed by atoms with Gasteiger partial charge in [0, 0.05) is 37.0 Å². The molecular weight excluding hydrogens is 392 g/mol. The molecule has 5 rings (SSSR count). The van der Waals surface area contributed by atoms with Crippen LogP contribution in [0.5, 0.6) is 0 Å². The maximum atomic E-state index is 8.58. The van der Waals surface area contributed by atoms with Crippen molar-refractivity contribution in [3.05, 3.63) is 42.7 Å². The highest BCUT2D eigenvalue weighted by atomic mass is 16.1. The van der Waals surface area contributed by atoms with E-state index in [2.05, 4.69) is 43.9 Å². The molecule has 1 aliphatic heterocycles. The van der Waals surface area contributed by atoms with Gasteiger partial charge in [0.1, 0.15) is 5.52 Å². The number of hydrogen-bond acceptors (Lipinski definition) is 6. The van der Waals surface area contributed by atoms with Crippen LogP contribution in [-0.4, -0.2) is 44.3 Å². The summed E-state index contributed by atoms with van der Waals surface area (Å²) < 4.78 is 1.89. The minimum absolute atomic E-state index is 0.250. The Balaban J connectivity index is 0.000000379. The van der Waals surface area contributed by atoms with Gasteiger partial charge in [0.25, 0.3) is 0 Å². The van der Waals surface area contributed by atoms with E-state index in [1.807, 2.05) is 43.6 Å². The standard InChI is InChI=1S/C16H19N7.C3H6.C2H6.CH3NO/c1-2-8-22(7-1)16-18-15(13-4-3-9-23(13)21-16)17-14-10-12(19-20-14)11-5-6-11;1-3-2;1-2;2-1-3/h3-4,9-11H,1-2,5-8H2,(H2,17,18,19,20,21);3H,1H2,2H3;1-2H3;1H,(H2,2,3). The lowest BCUT2D eigenvalue weighted by atomic mass is 10.3. The molecule has 2 fully saturated rings. The van der Waals surface area contributed by atoms with Crippen LogP contribution in [0.15, 0.2) is 37.1 Å². The van der Waals surface area contributed by atoms with Crippen molar-refractivity contribution < 1.29 is 4.79 Å². The number of aromatic nitrogens is 5. The van der Waals surface area contributed by atoms with Gasteiger partial charge in [-0.15, -0.1) is 11.7 Å². The number of nitrogens with zero attached hydrogens (tertiary/aromatic N) is 5. The Morgan fingerprint density at radius 1 is 1.29 bits per heavy atom. The molecule has 1 saturated carbocycles. The average molecular weight is 427 g/mol. The molecule has 3 aromatic heterocycles. The predicted molar refractivity (Wildman–Crippen MR) is 126 cm³/mol. The number of rotatable bonds is 4. The van der Waals surface area contributed by atoms with Gasteiger partial charge in [0.15, 0.2) is 11.6 Å². The van der Waals surface area contributed by atoms with Gasteiger partial charge in [-0.25, -0.2) is 4.52 Å². The Morgan fingerprint density at radius 3 is 2.55 bits per heavy atom. The summed E-state index contributed by atoms with van der Waals surface area (Å²) in [7, 11) is 0. The maximum Gasteiger partial charge on any atom is 0.245 e. The van der Waals surface area contributed by atoms with Crippen molar-refractivity contribution in [3.8, 4) is 0 Å². The van der Waals surface area contributed by atoms with Crippen LogP contribution in [-0.2, 0) is 4.79 Å². The number of H-pyrrole nitrogens is 1. The molecule has 1 amide bonds. The molecular formula is C22H34N8O. The summed E-state index contributed by atoms with van der Waals surface area (Å²) in [5, 5.41) is 15.5. The van der Waals surface area contributed by atoms with Crippen molar-refractivity contribution in [1.82, 2.24) is 24.8 Å². The number of allylic oxidation sites excluding steroid dienone is 1. The van der Waals surface area contributed by atoms with Gasteiger partial charge >= 0.3 is 0 Å². The lowest BCUT2D eigenvalue weighted by molar-refractivity contribution is -0.106. The van der Waals surface area contributed by atoms with Gasteiger partial charge in [-0.2, -0.15) is 10.1 Å². The molecule has 0 radical (unpaired) electrons. The van der Waals surface area contributed by atoms with Gasteiger partial charge in [0.2, 0.25) is 12.4 Å². The zero-order chi connectivity index (χ0) is 22.6. The topological polar surface area (TPSA) is 117 Å². The van der Waals surface area contributed by atoms with E-state index in [9.17, 15) is 0 Å². The molecule has 1 saturated heterocycles. The van der Waals surface area contributed by atoms with E-state index >= 15 is 0 Å². The van der Waals surface area contributed by atoms with Gasteiger partial charge in [-0.3, -0.25) is 9.89 Å². The summed E-state index contributed by atoms with van der Waals surface area (Å²) in [5.41, 5.74) is 6.34. The molecule has 0 spiro atoms. The number of amides is 1. The first-order chi connectivity index (χ1) is 15.2. The second kappa shape index (κ2) is 12.4. The molecule has 0 bridgehead atoms. The Bertz CT molecular complexity index is 932. The quantitative estimate of drug-likeness (QED) is 0.429. The summed E-state index contributed by atoms with van der Waals surface area (Å²) in [6, 6.07) is 6.10. The normalized spacial score (nSPS) is 14.4. The highest BCUT2D eigenvalue weighted by Gasteiger charge is 2.25. The second-order valence-corrected chi connectivity index (χ2v) is 6.94. The van der Waals surface area contributed by atoms with E-state index in [1.165, 1.54) is 31.4 Å². The number of carbonyl (C=O) groups excluding carboxylic acids is 1. The summed E-state index contributed by atoms with van der Waals surface area (Å²) >= 11 is 0. The van der Waals surface area contributed by atoms with Crippen molar-refractivity contribution in [2.75, 3.05) is 23.3 Å². The van der Waals surface area contributed by atoms with E-state index in [0.717, 1.165) is 36.2 Å². The third-order valence-electron chi connectivity index (χ3n) is 4.63. The van der Waals surface area contributed by atoms with Crippen LogP contribution in [0.3, 0.4) is 0 Å². The zero-order valence-corrected chi connectivity index (χ0v) is 18.7. The average Bonchev–Trinajstić information content (AvgIpc) is 3.19. The number of fused-ring (bicyclic) bond motifs is 1. The van der Waals surface area contributed by atoms with E-state index < -0.39 is 0 Å². The van der Waals surface area contributed by atoms with Crippen LogP contribution in [0.2, 0.25) is 0 Å². The molecule has 9 nitrogen and oxygen atoms in total. The van der Waals surface area contributed by atoms with Crippen molar-refractivity contribution in [2.45, 2.75) is 52.4 Å². The first-order valence-corrected chi connectivity index (χ1v) is 10.8. The Hall–Kier alpha value is -3.36. The van der Waals surface area contributed by atoms with Crippen molar-refractivity contribution >= 4 is 29.5 Å². The monoisotopic (exact) mass is 426 g/mol. The van der Waals surface area contributed by atoms with Gasteiger partial charge < -0.3 is 16.0 Å². The second-order valence-electron chi connectivity index (χ2n) is 6.94. The Morgan fingerprint density at radius 2 is 1.94 bits per heavy atom. The summed E-state index contributed by atoms with van der Waals surface area (Å²) in [4.78, 5) is 15.6. The van der Waals surface area contributed by atoms with E-state index in [0.29, 0.717) is 5.92 Å². The van der Waals surface area contributed by atoms with Crippen LogP contribution in [0.1, 0.15) is 58.1 Å². The highest BCUT2D eigenvalue weighted by Crippen LogP contribution is 2.39. The fraction of sp³-hybridized carbons (Fsp3) is 0.455. The number of carbonyl (C=O) groups is 1. The van der Waals surface area contributed by atoms with Gasteiger partial charge in [0.05, 0.1) is 0 Å². The van der Waals surface area contributed by atoms with Crippen LogP contribution in [0.25, 0.3) is 5.52 Å². The van der Waals surface area contributed by atoms with Crippen molar-refractivity contribution in [3.63, 3.8) is 0 Å². The maximum absolute atomic E-state index is 8.58. The first-order valence-electron chi connectivity index (χ1n) is 10.8. The molecule has 168 valence electrons. The van der Waals surface area contributed by atoms with Crippen LogP contribution >= 0.6 is 0 Å². The number of hydrogen-bond donors (Lipinski definition) is 3. The van der Waals surface area contributed by atoms with E-state index in [1.54, 1.807) is 6.08 Å². The molecule has 3 aromatic rings. The number of primary amides is 1. The van der Waals surface area contributed by atoms with E-state index in [4.69, 9.17) is 9.78 Å². The van der Waals surface area contributed by atoms with Crippen LogP contribution < -0.4 is 16.0 Å². The fourth-order valence-electron chi connectivity index (χ4n) is 3.19. The van der Waals surface area contributed by atoms with E-state index in [-0.39, 0.29) is 6.41 Å². The molecule has 31 heavy (non-hydrogen) atoms. The van der Waals surface area contributed by atoms with Crippen molar-refractivity contribution in [1.29, 1.82) is 0 Å². The number of aromatic amines is 1. The largest absolute Gasteiger partial charge is 0.372 e. The zero-order valence-electron chi connectivity index (χ0n) is 18.7. The third kappa shape index (κ3) is 6.56. The first kappa shape index (κ1) is 23.9. The smallest absolute Gasteiger partial charge is 0.245 e. The summed E-state index contributed by atoms with van der Waals surface area (Å²) in [6.45, 7) is 11.3. The molecule has 4 N–H and O–H groups in total. The fourth-order valence-corrected chi connectivity index (χ4v) is 3.19. The summed E-state index contributed by atoms with van der Waals surface area (Å²) in [5.74, 6) is 3.07. The van der Waals surface area contributed by atoms with Crippen molar-refractivity contribution in [2.24, 2.45) is 5.73 Å². The Kier molecular flexibility index (Phi) is 9.54. The minimum Gasteiger partial charge on any atom is -0.372 e. The number of nitrogens with two attached hydrogens (primary N) is 1. The Labute approximate surface area is 183 Å². The molecule has 0 atom stereocenters. The highest BCUT2D eigenvalue weighted by molar-refractivity contribution is 5.73. The third-order valence-corrected chi connectivity index (χ3v) is 4.63. The predicted octanol–water partition coefficient (Wildman–Crippen LogP) is 3.99. The molecule has 4 heterocycles. The molecule has 2 aliphatic rings. The number of anilines is 3. The van der Waals surface area contributed by atoms with Gasteiger partial charge in [-0.1, -0.05) is 19.9 Å².